The molecule has 1 aliphatic rings. The third-order valence-corrected chi connectivity index (χ3v) is 11.6. The number of benzene rings is 8. The largest absolute Gasteiger partial charge is 0.313 e. The van der Waals surface area contributed by atoms with E-state index in [1.165, 1.54) is 94.2 Å². The van der Waals surface area contributed by atoms with Crippen LogP contribution in [0.1, 0.15) is 16.8 Å². The van der Waals surface area contributed by atoms with Crippen molar-refractivity contribution in [3.63, 3.8) is 0 Å². The maximum atomic E-state index is 2.44. The molecule has 11 rings (SSSR count). The fraction of sp³-hybridized carbons (Fsp3) is 0.0182. The van der Waals surface area contributed by atoms with Gasteiger partial charge < -0.3 is 9.13 Å². The second kappa shape index (κ2) is 13.7. The van der Waals surface area contributed by atoms with Gasteiger partial charge in [-0.2, -0.15) is 0 Å². The van der Waals surface area contributed by atoms with E-state index in [9.17, 15) is 0 Å². The zero-order chi connectivity index (χ0) is 37.7. The number of hydrogen-bond donors (Lipinski definition) is 0. The smallest absolute Gasteiger partial charge is 0.0547 e. The van der Waals surface area contributed by atoms with E-state index in [2.05, 4.69) is 228 Å². The summed E-state index contributed by atoms with van der Waals surface area (Å²) in [5.41, 5.74) is 18.3. The number of hydrogen-bond acceptors (Lipinski definition) is 0. The average molecular weight is 727 g/mol. The number of para-hydroxylation sites is 2. The number of aromatic nitrogens is 2. The van der Waals surface area contributed by atoms with E-state index in [4.69, 9.17) is 0 Å². The van der Waals surface area contributed by atoms with Gasteiger partial charge in [0.15, 0.2) is 0 Å². The highest BCUT2D eigenvalue weighted by molar-refractivity contribution is 6.12. The molecule has 2 heterocycles. The minimum Gasteiger partial charge on any atom is -0.313 e. The maximum Gasteiger partial charge on any atom is 0.0547 e. The first kappa shape index (κ1) is 33.0. The van der Waals surface area contributed by atoms with E-state index in [1.807, 2.05) is 0 Å². The number of allylic oxidation sites excluding steroid dienone is 3. The summed E-state index contributed by atoms with van der Waals surface area (Å²) < 4.78 is 4.87. The van der Waals surface area contributed by atoms with Crippen molar-refractivity contribution in [1.29, 1.82) is 0 Å². The van der Waals surface area contributed by atoms with Crippen LogP contribution in [0.2, 0.25) is 0 Å². The summed E-state index contributed by atoms with van der Waals surface area (Å²) in [6.45, 7) is 0. The molecule has 57 heavy (non-hydrogen) atoms. The molecule has 0 saturated carbocycles. The van der Waals surface area contributed by atoms with Crippen molar-refractivity contribution in [3.8, 4) is 44.8 Å². The molecule has 0 saturated heterocycles. The van der Waals surface area contributed by atoms with Crippen LogP contribution in [-0.4, -0.2) is 9.13 Å². The van der Waals surface area contributed by atoms with Gasteiger partial charge >= 0.3 is 0 Å². The average Bonchev–Trinajstić information content (AvgIpc) is 3.68. The SMILES string of the molecule is C1=CC(c2ccc3c(c2)c2ccc(-c4ccc(-c5ccccc5)cc4)cc2n3-c2ccc(-c3ccccc3)cc2)=Cc2c(n(-c3ccccc3)c3ccccc23)C1. The van der Waals surface area contributed by atoms with Gasteiger partial charge in [0.1, 0.15) is 0 Å². The number of fused-ring (bicyclic) bond motifs is 6. The van der Waals surface area contributed by atoms with Crippen LogP contribution in [0.3, 0.4) is 0 Å². The lowest BCUT2D eigenvalue weighted by Crippen LogP contribution is -1.99. The van der Waals surface area contributed by atoms with Gasteiger partial charge in [-0.3, -0.25) is 0 Å². The maximum absolute atomic E-state index is 2.44. The van der Waals surface area contributed by atoms with E-state index in [0.717, 1.165) is 12.1 Å². The highest BCUT2D eigenvalue weighted by Gasteiger charge is 2.20. The normalized spacial score (nSPS) is 12.5. The highest BCUT2D eigenvalue weighted by atomic mass is 15.0. The van der Waals surface area contributed by atoms with Crippen molar-refractivity contribution in [2.24, 2.45) is 0 Å². The molecule has 8 aromatic carbocycles. The number of rotatable bonds is 6. The van der Waals surface area contributed by atoms with Gasteiger partial charge in [0.25, 0.3) is 0 Å². The second-order valence-corrected chi connectivity index (χ2v) is 14.9. The van der Waals surface area contributed by atoms with Crippen molar-refractivity contribution in [3.05, 3.63) is 229 Å². The van der Waals surface area contributed by atoms with Crippen molar-refractivity contribution in [2.45, 2.75) is 6.42 Å². The van der Waals surface area contributed by atoms with Crippen LogP contribution in [-0.2, 0) is 6.42 Å². The van der Waals surface area contributed by atoms with Gasteiger partial charge in [-0.05, 0) is 99.1 Å². The van der Waals surface area contributed by atoms with Crippen LogP contribution in [0.15, 0.2) is 212 Å². The summed E-state index contributed by atoms with van der Waals surface area (Å²) in [5.74, 6) is 0. The lowest BCUT2D eigenvalue weighted by atomic mass is 9.98. The first-order chi connectivity index (χ1) is 28.3. The summed E-state index contributed by atoms with van der Waals surface area (Å²) in [6.07, 6.45) is 7.89. The molecule has 0 fully saturated rings. The van der Waals surface area contributed by atoms with Gasteiger partial charge in [-0.15, -0.1) is 0 Å². The molecule has 0 bridgehead atoms. The minimum atomic E-state index is 0.856. The fourth-order valence-corrected chi connectivity index (χ4v) is 8.81. The molecule has 0 spiro atoms. The Kier molecular flexibility index (Phi) is 7.93. The fourth-order valence-electron chi connectivity index (χ4n) is 8.81. The van der Waals surface area contributed by atoms with Crippen LogP contribution >= 0.6 is 0 Å². The predicted molar refractivity (Wildman–Crippen MR) is 241 cm³/mol. The number of nitrogens with zero attached hydrogens (tertiary/aromatic N) is 2. The third kappa shape index (κ3) is 5.73. The summed E-state index contributed by atoms with van der Waals surface area (Å²) in [4.78, 5) is 0. The standard InChI is InChI=1S/C55H38N2/c1-4-13-38(14-5-1)40-23-25-42(26-24-40)45-29-33-49-51-36-44(30-34-54(51)57(55(49)37-45)47-31-27-41(28-32-47)39-15-6-2-7-16-39)43-17-12-22-53-50(35-43)48-20-10-11-21-52(48)56(53)46-18-8-3-9-19-46/h1-21,23-37H,22H2. The molecule has 2 aromatic heterocycles. The van der Waals surface area contributed by atoms with E-state index in [-0.39, 0.29) is 0 Å². The summed E-state index contributed by atoms with van der Waals surface area (Å²) in [5, 5.41) is 3.76. The van der Waals surface area contributed by atoms with Crippen LogP contribution in [0.5, 0.6) is 0 Å². The first-order valence-corrected chi connectivity index (χ1v) is 19.7. The second-order valence-electron chi connectivity index (χ2n) is 14.9. The molecular weight excluding hydrogens is 689 g/mol. The lowest BCUT2D eigenvalue weighted by molar-refractivity contribution is 1.00. The Labute approximate surface area is 332 Å². The predicted octanol–water partition coefficient (Wildman–Crippen LogP) is 14.4. The molecule has 268 valence electrons. The summed E-state index contributed by atoms with van der Waals surface area (Å²) in [7, 11) is 0. The van der Waals surface area contributed by atoms with Crippen LogP contribution in [0.4, 0.5) is 0 Å². The van der Waals surface area contributed by atoms with Crippen molar-refractivity contribution in [2.75, 3.05) is 0 Å². The molecule has 0 atom stereocenters. The molecule has 0 aliphatic heterocycles. The zero-order valence-corrected chi connectivity index (χ0v) is 31.4. The Bertz CT molecular complexity index is 3140. The third-order valence-electron chi connectivity index (χ3n) is 11.6. The van der Waals surface area contributed by atoms with Crippen molar-refractivity contribution in [1.82, 2.24) is 9.13 Å². The summed E-state index contributed by atoms with van der Waals surface area (Å²) in [6, 6.07) is 72.7. The Morgan fingerprint density at radius 3 is 1.56 bits per heavy atom. The van der Waals surface area contributed by atoms with E-state index < -0.39 is 0 Å². The molecule has 0 N–H and O–H groups in total. The molecule has 0 radical (unpaired) electrons. The molecule has 0 unspecified atom stereocenters. The van der Waals surface area contributed by atoms with Crippen LogP contribution in [0.25, 0.3) is 89.1 Å². The first-order valence-electron chi connectivity index (χ1n) is 19.7. The molecule has 2 heteroatoms. The highest BCUT2D eigenvalue weighted by Crippen LogP contribution is 2.40. The quantitative estimate of drug-likeness (QED) is 0.161. The van der Waals surface area contributed by atoms with Crippen molar-refractivity contribution >= 4 is 44.4 Å². The molecular formula is C55H38N2. The molecule has 10 aromatic rings. The lowest BCUT2D eigenvalue weighted by Gasteiger charge is -2.11. The van der Waals surface area contributed by atoms with E-state index in [1.54, 1.807) is 0 Å². The Balaban J connectivity index is 1.06. The Morgan fingerprint density at radius 1 is 0.333 bits per heavy atom. The Hall–Kier alpha value is -7.42. The molecule has 0 amide bonds. The van der Waals surface area contributed by atoms with Gasteiger partial charge in [0.2, 0.25) is 0 Å². The zero-order valence-electron chi connectivity index (χ0n) is 31.4. The van der Waals surface area contributed by atoms with E-state index in [0.29, 0.717) is 0 Å². The van der Waals surface area contributed by atoms with Crippen LogP contribution < -0.4 is 0 Å². The van der Waals surface area contributed by atoms with E-state index >= 15 is 0 Å². The molecule has 1 aliphatic carbocycles. The summed E-state index contributed by atoms with van der Waals surface area (Å²) >= 11 is 0. The van der Waals surface area contributed by atoms with Gasteiger partial charge in [0, 0.05) is 45.2 Å². The molecule has 2 nitrogen and oxygen atoms in total. The van der Waals surface area contributed by atoms with Gasteiger partial charge in [-0.1, -0.05) is 164 Å². The monoisotopic (exact) mass is 726 g/mol. The van der Waals surface area contributed by atoms with Crippen LogP contribution in [0, 0.1) is 0 Å². The topological polar surface area (TPSA) is 9.86 Å². The van der Waals surface area contributed by atoms with Crippen molar-refractivity contribution < 1.29 is 0 Å². The van der Waals surface area contributed by atoms with Gasteiger partial charge in [-0.25, -0.2) is 0 Å². The minimum absolute atomic E-state index is 0.856. The Morgan fingerprint density at radius 2 is 0.860 bits per heavy atom. The van der Waals surface area contributed by atoms with Gasteiger partial charge in [0.05, 0.1) is 16.6 Å².